The molecule has 20 heavy (non-hydrogen) atoms. The molecule has 100 valence electrons. The van der Waals surface area contributed by atoms with Crippen LogP contribution in [0.5, 0.6) is 0 Å². The van der Waals surface area contributed by atoms with Crippen molar-refractivity contribution in [3.63, 3.8) is 0 Å². The maximum Gasteiger partial charge on any atom is 0.228 e. The summed E-state index contributed by atoms with van der Waals surface area (Å²) in [6, 6.07) is 10.9. The maximum absolute atomic E-state index is 13.0. The number of carbonyl (C=O) groups excluding carboxylic acids is 1. The molecule has 5 heteroatoms. The van der Waals surface area contributed by atoms with E-state index in [1.165, 1.54) is 30.3 Å². The summed E-state index contributed by atoms with van der Waals surface area (Å²) in [6.07, 6.45) is 0.0442. The van der Waals surface area contributed by atoms with Crippen molar-refractivity contribution in [1.29, 1.82) is 5.26 Å². The van der Waals surface area contributed by atoms with Gasteiger partial charge in [0.2, 0.25) is 5.91 Å². The molecule has 2 aromatic carbocycles. The molecular weight excluding hydrogens is 262 g/mol. The van der Waals surface area contributed by atoms with Gasteiger partial charge in [0.15, 0.2) is 0 Å². The van der Waals surface area contributed by atoms with E-state index >= 15 is 0 Å². The second-order valence-corrected chi connectivity index (χ2v) is 4.15. The van der Waals surface area contributed by atoms with Crippen LogP contribution in [-0.2, 0) is 11.2 Å². The second-order valence-electron chi connectivity index (χ2n) is 4.15. The van der Waals surface area contributed by atoms with Gasteiger partial charge in [0, 0.05) is 0 Å². The normalized spacial score (nSPS) is 9.85. The Morgan fingerprint density at radius 3 is 2.40 bits per heavy atom. The van der Waals surface area contributed by atoms with E-state index in [-0.39, 0.29) is 29.4 Å². The summed E-state index contributed by atoms with van der Waals surface area (Å²) in [5.41, 5.74) is 0.947. The summed E-state index contributed by atoms with van der Waals surface area (Å²) in [5.74, 6) is -1.28. The lowest BCUT2D eigenvalue weighted by Gasteiger charge is -2.07. The lowest BCUT2D eigenvalue weighted by atomic mass is 10.1. The van der Waals surface area contributed by atoms with E-state index in [4.69, 9.17) is 5.26 Å². The van der Waals surface area contributed by atoms with Gasteiger partial charge in [0.05, 0.1) is 17.7 Å². The Kier molecular flexibility index (Phi) is 4.06. The Morgan fingerprint density at radius 2 is 1.75 bits per heavy atom. The first kappa shape index (κ1) is 13.7. The Labute approximate surface area is 114 Å². The standard InChI is InChI=1S/C15H10F2N2O/c16-12-3-1-10(2-4-12)7-15(20)19-14-6-5-13(17)8-11(14)9-18/h1-6,8H,7H2,(H,19,20). The van der Waals surface area contributed by atoms with E-state index in [2.05, 4.69) is 5.32 Å². The first-order chi connectivity index (χ1) is 9.58. The van der Waals surface area contributed by atoms with Crippen LogP contribution in [-0.4, -0.2) is 5.91 Å². The van der Waals surface area contributed by atoms with Gasteiger partial charge in [-0.1, -0.05) is 12.1 Å². The van der Waals surface area contributed by atoms with Crippen LogP contribution in [0.25, 0.3) is 0 Å². The van der Waals surface area contributed by atoms with Crippen LogP contribution in [0.2, 0.25) is 0 Å². The molecule has 0 aliphatic carbocycles. The van der Waals surface area contributed by atoms with Gasteiger partial charge < -0.3 is 5.32 Å². The van der Waals surface area contributed by atoms with Crippen molar-refractivity contribution in [1.82, 2.24) is 0 Å². The first-order valence-corrected chi connectivity index (χ1v) is 5.82. The molecule has 0 saturated carbocycles. The topological polar surface area (TPSA) is 52.9 Å². The van der Waals surface area contributed by atoms with Gasteiger partial charge in [0.25, 0.3) is 0 Å². The third kappa shape index (κ3) is 3.39. The first-order valence-electron chi connectivity index (χ1n) is 5.82. The van der Waals surface area contributed by atoms with E-state index < -0.39 is 5.82 Å². The fourth-order valence-corrected chi connectivity index (χ4v) is 1.70. The van der Waals surface area contributed by atoms with E-state index in [9.17, 15) is 13.6 Å². The number of halogens is 2. The minimum Gasteiger partial charge on any atom is -0.325 e. The van der Waals surface area contributed by atoms with Crippen molar-refractivity contribution in [2.24, 2.45) is 0 Å². The monoisotopic (exact) mass is 272 g/mol. The van der Waals surface area contributed by atoms with Crippen molar-refractivity contribution < 1.29 is 13.6 Å². The SMILES string of the molecule is N#Cc1cc(F)ccc1NC(=O)Cc1ccc(F)cc1. The van der Waals surface area contributed by atoms with E-state index in [0.29, 0.717) is 5.56 Å². The molecule has 0 atom stereocenters. The third-order valence-electron chi connectivity index (χ3n) is 2.65. The maximum atomic E-state index is 13.0. The van der Waals surface area contributed by atoms with E-state index in [1.807, 2.05) is 6.07 Å². The molecule has 0 bridgehead atoms. The number of hydrogen-bond acceptors (Lipinski definition) is 2. The minimum atomic E-state index is -0.543. The number of nitrogens with zero attached hydrogens (tertiary/aromatic N) is 1. The quantitative estimate of drug-likeness (QED) is 0.933. The molecule has 0 unspecified atom stereocenters. The van der Waals surface area contributed by atoms with Gasteiger partial charge in [-0.25, -0.2) is 8.78 Å². The van der Waals surface area contributed by atoms with E-state index in [0.717, 1.165) is 12.1 Å². The number of rotatable bonds is 3. The number of nitriles is 1. The summed E-state index contributed by atoms with van der Waals surface area (Å²) >= 11 is 0. The van der Waals surface area contributed by atoms with Crippen molar-refractivity contribution in [3.05, 3.63) is 65.2 Å². The molecule has 1 N–H and O–H groups in total. The van der Waals surface area contributed by atoms with Crippen LogP contribution in [0.15, 0.2) is 42.5 Å². The predicted octanol–water partition coefficient (Wildman–Crippen LogP) is 3.02. The Bertz CT molecular complexity index is 675. The number of hydrogen-bond donors (Lipinski definition) is 1. The zero-order valence-corrected chi connectivity index (χ0v) is 10.4. The molecule has 2 aromatic rings. The Morgan fingerprint density at radius 1 is 1.10 bits per heavy atom. The van der Waals surface area contributed by atoms with Crippen LogP contribution < -0.4 is 5.32 Å². The summed E-state index contributed by atoms with van der Waals surface area (Å²) in [5, 5.41) is 11.4. The summed E-state index contributed by atoms with van der Waals surface area (Å²) in [6.45, 7) is 0. The second kappa shape index (κ2) is 5.93. The molecule has 1 amide bonds. The average Bonchev–Trinajstić information content (AvgIpc) is 2.43. The van der Waals surface area contributed by atoms with Gasteiger partial charge in [0.1, 0.15) is 17.7 Å². The van der Waals surface area contributed by atoms with Gasteiger partial charge in [-0.05, 0) is 35.9 Å². The highest BCUT2D eigenvalue weighted by molar-refractivity contribution is 5.93. The lowest BCUT2D eigenvalue weighted by Crippen LogP contribution is -2.15. The molecule has 3 nitrogen and oxygen atoms in total. The number of benzene rings is 2. The highest BCUT2D eigenvalue weighted by Crippen LogP contribution is 2.16. The zero-order chi connectivity index (χ0) is 14.5. The Balaban J connectivity index is 2.09. The van der Waals surface area contributed by atoms with Gasteiger partial charge in [-0.2, -0.15) is 5.26 Å². The molecule has 0 aliphatic rings. The van der Waals surface area contributed by atoms with Crippen molar-refractivity contribution in [2.75, 3.05) is 5.32 Å². The largest absolute Gasteiger partial charge is 0.325 e. The van der Waals surface area contributed by atoms with E-state index in [1.54, 1.807) is 0 Å². The Hall–Kier alpha value is -2.74. The molecule has 0 fully saturated rings. The van der Waals surface area contributed by atoms with Crippen LogP contribution in [0, 0.1) is 23.0 Å². The molecule has 0 aromatic heterocycles. The summed E-state index contributed by atoms with van der Waals surface area (Å²) in [7, 11) is 0. The predicted molar refractivity (Wildman–Crippen MR) is 69.8 cm³/mol. The summed E-state index contributed by atoms with van der Waals surface area (Å²) in [4.78, 5) is 11.8. The van der Waals surface area contributed by atoms with Crippen LogP contribution in [0.1, 0.15) is 11.1 Å². The number of carbonyl (C=O) groups is 1. The number of anilines is 1. The highest BCUT2D eigenvalue weighted by atomic mass is 19.1. The van der Waals surface area contributed by atoms with Crippen molar-refractivity contribution >= 4 is 11.6 Å². The molecule has 0 saturated heterocycles. The molecule has 0 radical (unpaired) electrons. The van der Waals surface area contributed by atoms with Crippen LogP contribution >= 0.6 is 0 Å². The molecule has 0 aliphatic heterocycles. The number of amides is 1. The smallest absolute Gasteiger partial charge is 0.228 e. The minimum absolute atomic E-state index is 0.0442. The fraction of sp³-hybridized carbons (Fsp3) is 0.0667. The zero-order valence-electron chi connectivity index (χ0n) is 10.4. The molecule has 0 spiro atoms. The molecular formula is C15H10F2N2O. The number of nitrogens with one attached hydrogen (secondary N) is 1. The van der Waals surface area contributed by atoms with Gasteiger partial charge in [-0.15, -0.1) is 0 Å². The van der Waals surface area contributed by atoms with Gasteiger partial charge >= 0.3 is 0 Å². The average molecular weight is 272 g/mol. The highest BCUT2D eigenvalue weighted by Gasteiger charge is 2.08. The van der Waals surface area contributed by atoms with Crippen molar-refractivity contribution in [3.8, 4) is 6.07 Å². The van der Waals surface area contributed by atoms with Crippen LogP contribution in [0.3, 0.4) is 0 Å². The fourth-order valence-electron chi connectivity index (χ4n) is 1.70. The molecule has 0 heterocycles. The third-order valence-corrected chi connectivity index (χ3v) is 2.65. The van der Waals surface area contributed by atoms with Gasteiger partial charge in [-0.3, -0.25) is 4.79 Å². The van der Waals surface area contributed by atoms with Crippen LogP contribution in [0.4, 0.5) is 14.5 Å². The molecule has 2 rings (SSSR count). The summed E-state index contributed by atoms with van der Waals surface area (Å²) < 4.78 is 25.7. The lowest BCUT2D eigenvalue weighted by molar-refractivity contribution is -0.115. The van der Waals surface area contributed by atoms with Crippen molar-refractivity contribution in [2.45, 2.75) is 6.42 Å².